The fourth-order valence-electron chi connectivity index (χ4n) is 14.9. The van der Waals surface area contributed by atoms with Gasteiger partial charge < -0.3 is 33.3 Å². The summed E-state index contributed by atoms with van der Waals surface area (Å²) in [5, 5.41) is 11.9. The molecule has 0 aromatic rings. The molecule has 0 N–H and O–H groups in total. The van der Waals surface area contributed by atoms with Crippen molar-refractivity contribution in [2.24, 2.45) is 0 Å². The van der Waals surface area contributed by atoms with Crippen molar-refractivity contribution in [3.05, 3.63) is 36.5 Å². The second-order valence-electron chi connectivity index (χ2n) is 34.0. The summed E-state index contributed by atoms with van der Waals surface area (Å²) >= 11 is 0. The third-order valence-electron chi connectivity index (χ3n) is 22.1. The summed E-state index contributed by atoms with van der Waals surface area (Å²) in [6.45, 7) is 4.84. The van der Waals surface area contributed by atoms with Crippen LogP contribution in [-0.4, -0.2) is 82.3 Å². The molecule has 0 heterocycles. The summed E-state index contributed by atoms with van der Waals surface area (Å²) in [5.74, 6) is -2.24. The van der Waals surface area contributed by atoms with E-state index in [-0.39, 0.29) is 32.2 Å². The number of carbonyl (C=O) groups is 3. The molecular weight excluding hydrogens is 1310 g/mol. The average Bonchev–Trinajstić information content (AvgIpc) is 0.935. The molecular formula is C97H185NO8. The van der Waals surface area contributed by atoms with Crippen molar-refractivity contribution in [3.63, 3.8) is 0 Å². The first-order chi connectivity index (χ1) is 52.1. The van der Waals surface area contributed by atoms with Crippen molar-refractivity contribution in [2.45, 2.75) is 521 Å². The van der Waals surface area contributed by atoms with Crippen molar-refractivity contribution in [1.82, 2.24) is 0 Å². The molecule has 2 atom stereocenters. The fraction of sp³-hybridized carbons (Fsp3) is 0.907. The molecule has 0 saturated heterocycles. The van der Waals surface area contributed by atoms with E-state index < -0.39 is 24.3 Å². The van der Waals surface area contributed by atoms with Gasteiger partial charge in [0.25, 0.3) is 0 Å². The van der Waals surface area contributed by atoms with Crippen molar-refractivity contribution in [1.29, 1.82) is 0 Å². The van der Waals surface area contributed by atoms with Crippen LogP contribution in [-0.2, 0) is 33.3 Å². The standard InChI is InChI=1S/C97H185NO8/c1-6-8-10-12-14-16-18-20-22-24-26-28-30-32-34-36-38-40-42-44-46-48-50-52-54-56-58-60-62-64-66-68-70-72-74-76-78-80-82-84-86-88-95(100)106-93(92-105-97(96(101)102)103-90-89-98(3,4)5)91-104-94(99)87-85-83-81-79-77-75-73-71-69-67-65-63-61-59-57-55-53-51-49-47-45-43-41-39-37-35-33-31-29-27-25-23-21-19-17-15-13-11-9-7-2/h18,20,24,26,30,32,93,97H,6-17,19,21-23,25,27-29,31,33-92H2,1-5H3/b20-18-,26-24-,32-30-. The Morgan fingerprint density at radius 3 is 0.755 bits per heavy atom. The first kappa shape index (κ1) is 104. The summed E-state index contributed by atoms with van der Waals surface area (Å²) in [6, 6.07) is 0. The van der Waals surface area contributed by atoms with Crippen LogP contribution in [0, 0.1) is 0 Å². The molecule has 0 saturated carbocycles. The number of carboxylic acids is 1. The van der Waals surface area contributed by atoms with E-state index in [0.717, 1.165) is 51.4 Å². The fourth-order valence-corrected chi connectivity index (χ4v) is 14.9. The lowest BCUT2D eigenvalue weighted by Gasteiger charge is -2.26. The first-order valence-electron chi connectivity index (χ1n) is 47.6. The van der Waals surface area contributed by atoms with Gasteiger partial charge in [0.15, 0.2) is 12.4 Å². The number of esters is 2. The predicted octanol–water partition coefficient (Wildman–Crippen LogP) is 30.0. The monoisotopic (exact) mass is 1490 g/mol. The maximum Gasteiger partial charge on any atom is 0.306 e. The van der Waals surface area contributed by atoms with Gasteiger partial charge in [0.2, 0.25) is 0 Å². The Hall–Kier alpha value is -2.49. The van der Waals surface area contributed by atoms with E-state index >= 15 is 0 Å². The Morgan fingerprint density at radius 1 is 0.283 bits per heavy atom. The lowest BCUT2D eigenvalue weighted by molar-refractivity contribution is -0.870. The van der Waals surface area contributed by atoms with Crippen molar-refractivity contribution in [3.8, 4) is 0 Å². The molecule has 0 amide bonds. The molecule has 0 rings (SSSR count). The van der Waals surface area contributed by atoms with Crippen LogP contribution in [0.1, 0.15) is 508 Å². The number of likely N-dealkylation sites (N-methyl/N-ethyl adjacent to an activating group) is 1. The van der Waals surface area contributed by atoms with Gasteiger partial charge >= 0.3 is 11.9 Å². The minimum Gasteiger partial charge on any atom is -0.545 e. The number of aliphatic carboxylic acids is 1. The van der Waals surface area contributed by atoms with E-state index in [4.69, 9.17) is 18.9 Å². The molecule has 0 aromatic heterocycles. The molecule has 0 spiro atoms. The number of nitrogens with zero attached hydrogens (tertiary/aromatic N) is 1. The number of rotatable bonds is 91. The minimum absolute atomic E-state index is 0.152. The number of unbranched alkanes of at least 4 members (excludes halogenated alkanes) is 70. The van der Waals surface area contributed by atoms with Gasteiger partial charge in [-0.25, -0.2) is 0 Å². The highest BCUT2D eigenvalue weighted by Gasteiger charge is 2.22. The van der Waals surface area contributed by atoms with Crippen LogP contribution >= 0.6 is 0 Å². The zero-order valence-corrected chi connectivity index (χ0v) is 72.1. The van der Waals surface area contributed by atoms with Crippen LogP contribution < -0.4 is 5.11 Å². The zero-order chi connectivity index (χ0) is 76.7. The summed E-state index contributed by atoms with van der Waals surface area (Å²) in [5.41, 5.74) is 0. The predicted molar refractivity (Wildman–Crippen MR) is 459 cm³/mol. The van der Waals surface area contributed by atoms with E-state index in [0.29, 0.717) is 17.4 Å². The number of allylic oxidation sites excluding steroid dienone is 6. The average molecular weight is 1490 g/mol. The third kappa shape index (κ3) is 88.7. The van der Waals surface area contributed by atoms with Crippen LogP contribution in [0.3, 0.4) is 0 Å². The molecule has 626 valence electrons. The molecule has 0 aliphatic carbocycles. The highest BCUT2D eigenvalue weighted by molar-refractivity contribution is 5.70. The topological polar surface area (TPSA) is 111 Å². The van der Waals surface area contributed by atoms with Crippen LogP contribution in [0.15, 0.2) is 36.5 Å². The third-order valence-corrected chi connectivity index (χ3v) is 22.1. The second-order valence-corrected chi connectivity index (χ2v) is 34.0. The first-order valence-corrected chi connectivity index (χ1v) is 47.6. The Balaban J connectivity index is 3.85. The van der Waals surface area contributed by atoms with E-state index in [1.54, 1.807) is 0 Å². The summed E-state index contributed by atoms with van der Waals surface area (Å²) < 4.78 is 23.0. The van der Waals surface area contributed by atoms with Gasteiger partial charge in [-0.2, -0.15) is 0 Å². The molecule has 0 aromatic carbocycles. The molecule has 9 heteroatoms. The van der Waals surface area contributed by atoms with Crippen LogP contribution in [0.5, 0.6) is 0 Å². The summed E-state index contributed by atoms with van der Waals surface area (Å²) in [4.78, 5) is 37.7. The van der Waals surface area contributed by atoms with Gasteiger partial charge in [-0.3, -0.25) is 9.59 Å². The quantitative estimate of drug-likeness (QED) is 0.0195. The maximum absolute atomic E-state index is 13.0. The summed E-state index contributed by atoms with van der Waals surface area (Å²) in [7, 11) is 5.96. The zero-order valence-electron chi connectivity index (χ0n) is 72.1. The van der Waals surface area contributed by atoms with Crippen molar-refractivity contribution >= 4 is 17.9 Å². The number of carboxylic acid groups (broad SMARTS) is 1. The largest absolute Gasteiger partial charge is 0.545 e. The van der Waals surface area contributed by atoms with Crippen molar-refractivity contribution < 1.29 is 42.9 Å². The van der Waals surface area contributed by atoms with Crippen molar-refractivity contribution in [2.75, 3.05) is 47.5 Å². The molecule has 0 aliphatic heterocycles. The van der Waals surface area contributed by atoms with Gasteiger partial charge in [-0.05, 0) is 51.4 Å². The lowest BCUT2D eigenvalue weighted by Crippen LogP contribution is -2.44. The van der Waals surface area contributed by atoms with Gasteiger partial charge in [0.05, 0.1) is 40.3 Å². The molecule has 9 nitrogen and oxygen atoms in total. The Bertz CT molecular complexity index is 1840. The molecule has 0 bridgehead atoms. The number of quaternary nitrogens is 1. The Kier molecular flexibility index (Phi) is 86.0. The number of ether oxygens (including phenoxy) is 4. The number of hydrogen-bond acceptors (Lipinski definition) is 8. The Labute approximate surface area is 661 Å². The molecule has 0 fully saturated rings. The second kappa shape index (κ2) is 88.1. The van der Waals surface area contributed by atoms with Gasteiger partial charge in [0.1, 0.15) is 13.2 Å². The molecule has 2 unspecified atom stereocenters. The smallest absolute Gasteiger partial charge is 0.306 e. The minimum atomic E-state index is -1.62. The molecule has 0 aliphatic rings. The van der Waals surface area contributed by atoms with E-state index in [2.05, 4.69) is 50.3 Å². The summed E-state index contributed by atoms with van der Waals surface area (Å²) in [6.07, 6.45) is 114. The SMILES string of the molecule is CCCCCCC/C=C\C/C=C\C/C=C\CCCCCCCCCCCCCCCCCCCCCCCCCCCCC(=O)OC(COC(=O)CCCCCCCCCCCCCCCCCCCCCCCCCCCCCCCCCCCCCCCCCC)COC(OCC[N+](C)(C)C)C(=O)[O-]. The Morgan fingerprint density at radius 2 is 0.509 bits per heavy atom. The highest BCUT2D eigenvalue weighted by atomic mass is 16.7. The van der Waals surface area contributed by atoms with E-state index in [1.807, 2.05) is 21.1 Å². The highest BCUT2D eigenvalue weighted by Crippen LogP contribution is 2.22. The van der Waals surface area contributed by atoms with Gasteiger partial charge in [-0.15, -0.1) is 0 Å². The van der Waals surface area contributed by atoms with Crippen LogP contribution in [0.25, 0.3) is 0 Å². The number of hydrogen-bond donors (Lipinski definition) is 0. The lowest BCUT2D eigenvalue weighted by atomic mass is 10.0. The molecule has 0 radical (unpaired) electrons. The number of carbonyl (C=O) groups excluding carboxylic acids is 3. The van der Waals surface area contributed by atoms with E-state index in [1.165, 1.54) is 430 Å². The van der Waals surface area contributed by atoms with Crippen LogP contribution in [0.4, 0.5) is 0 Å². The van der Waals surface area contributed by atoms with Gasteiger partial charge in [-0.1, -0.05) is 480 Å². The molecule has 106 heavy (non-hydrogen) atoms. The normalized spacial score (nSPS) is 12.7. The van der Waals surface area contributed by atoms with E-state index in [9.17, 15) is 19.5 Å². The van der Waals surface area contributed by atoms with Crippen LogP contribution in [0.2, 0.25) is 0 Å². The van der Waals surface area contributed by atoms with Gasteiger partial charge in [0, 0.05) is 12.8 Å². The maximum atomic E-state index is 13.0.